The summed E-state index contributed by atoms with van der Waals surface area (Å²) in [6, 6.07) is 0. The number of terminal acetylenes is 1. The molecule has 0 atom stereocenters. The van der Waals surface area contributed by atoms with Crippen LogP contribution < -0.4 is 5.56 Å². The minimum absolute atomic E-state index is 0.249. The first-order valence-electron chi connectivity index (χ1n) is 4.06. The maximum absolute atomic E-state index is 11.4. The molecule has 70 valence electrons. The van der Waals surface area contributed by atoms with E-state index in [4.69, 9.17) is 6.42 Å². The highest BCUT2D eigenvalue weighted by molar-refractivity contribution is 5.69. The summed E-state index contributed by atoms with van der Waals surface area (Å²) in [6.45, 7) is 0. The summed E-state index contributed by atoms with van der Waals surface area (Å²) < 4.78 is 1.69. The highest BCUT2D eigenvalue weighted by atomic mass is 16.1. The zero-order valence-electron chi connectivity index (χ0n) is 7.61. The van der Waals surface area contributed by atoms with Gasteiger partial charge in [-0.1, -0.05) is 5.92 Å². The van der Waals surface area contributed by atoms with Crippen molar-refractivity contribution in [2.45, 2.75) is 6.42 Å². The van der Waals surface area contributed by atoms with Gasteiger partial charge in [0.1, 0.15) is 5.82 Å². The lowest BCUT2D eigenvalue weighted by molar-refractivity contribution is 0.910. The Morgan fingerprint density at radius 2 is 2.50 bits per heavy atom. The summed E-state index contributed by atoms with van der Waals surface area (Å²) in [5.41, 5.74) is 0.646. The zero-order chi connectivity index (χ0) is 10.1. The Labute approximate surface area is 79.8 Å². The van der Waals surface area contributed by atoms with E-state index in [1.165, 1.54) is 0 Å². The lowest BCUT2D eigenvalue weighted by Gasteiger charge is -1.96. The van der Waals surface area contributed by atoms with Crippen LogP contribution in [0.25, 0.3) is 11.2 Å². The molecular formula is C9H8N4O. The minimum Gasteiger partial charge on any atom is -0.318 e. The summed E-state index contributed by atoms with van der Waals surface area (Å²) in [4.78, 5) is 22.1. The molecule has 0 unspecified atom stereocenters. The van der Waals surface area contributed by atoms with E-state index in [9.17, 15) is 4.79 Å². The molecule has 0 spiro atoms. The van der Waals surface area contributed by atoms with Crippen molar-refractivity contribution in [1.29, 1.82) is 0 Å². The molecule has 5 nitrogen and oxygen atoms in total. The van der Waals surface area contributed by atoms with Gasteiger partial charge >= 0.3 is 0 Å². The van der Waals surface area contributed by atoms with Crippen molar-refractivity contribution in [2.24, 2.45) is 7.05 Å². The molecule has 2 aromatic rings. The second-order valence-electron chi connectivity index (χ2n) is 2.92. The Morgan fingerprint density at radius 3 is 3.21 bits per heavy atom. The van der Waals surface area contributed by atoms with Gasteiger partial charge in [0.25, 0.3) is 5.56 Å². The molecular weight excluding hydrogens is 180 g/mol. The van der Waals surface area contributed by atoms with E-state index in [2.05, 4.69) is 20.9 Å². The fraction of sp³-hybridized carbons (Fsp3) is 0.222. The van der Waals surface area contributed by atoms with Crippen molar-refractivity contribution in [3.63, 3.8) is 0 Å². The highest BCUT2D eigenvalue weighted by Crippen LogP contribution is 2.02. The zero-order valence-corrected chi connectivity index (χ0v) is 7.61. The third kappa shape index (κ3) is 1.17. The lowest BCUT2D eigenvalue weighted by atomic mass is 10.4. The SMILES string of the molecule is C#CCc1nc2c(ncn2C)c(=O)[nH]1. The molecule has 2 rings (SSSR count). The number of aromatic amines is 1. The Bertz CT molecular complexity index is 572. The normalized spacial score (nSPS) is 10.3. The Kier molecular flexibility index (Phi) is 1.82. The van der Waals surface area contributed by atoms with Crippen LogP contribution in [0.4, 0.5) is 0 Å². The fourth-order valence-electron chi connectivity index (χ4n) is 1.24. The quantitative estimate of drug-likeness (QED) is 0.632. The molecule has 14 heavy (non-hydrogen) atoms. The van der Waals surface area contributed by atoms with Crippen molar-refractivity contribution >= 4 is 11.2 Å². The number of rotatable bonds is 1. The van der Waals surface area contributed by atoms with Gasteiger partial charge in [-0.25, -0.2) is 9.97 Å². The maximum atomic E-state index is 11.4. The number of hydrogen-bond acceptors (Lipinski definition) is 3. The van der Waals surface area contributed by atoms with Crippen LogP contribution in [-0.4, -0.2) is 19.5 Å². The monoisotopic (exact) mass is 188 g/mol. The van der Waals surface area contributed by atoms with Gasteiger partial charge in [-0.2, -0.15) is 0 Å². The second-order valence-corrected chi connectivity index (χ2v) is 2.92. The van der Waals surface area contributed by atoms with Gasteiger partial charge in [-0.05, 0) is 0 Å². The topological polar surface area (TPSA) is 63.6 Å². The average Bonchev–Trinajstić information content (AvgIpc) is 2.49. The maximum Gasteiger partial charge on any atom is 0.279 e. The lowest BCUT2D eigenvalue weighted by Crippen LogP contribution is -2.12. The van der Waals surface area contributed by atoms with Crippen LogP contribution in [0.5, 0.6) is 0 Å². The molecule has 0 aliphatic heterocycles. The molecule has 0 bridgehead atoms. The minimum atomic E-state index is -0.249. The van der Waals surface area contributed by atoms with E-state index in [0.29, 0.717) is 23.4 Å². The van der Waals surface area contributed by atoms with E-state index in [1.807, 2.05) is 0 Å². The Morgan fingerprint density at radius 1 is 1.71 bits per heavy atom. The number of nitrogens with zero attached hydrogens (tertiary/aromatic N) is 3. The number of fused-ring (bicyclic) bond motifs is 1. The fourth-order valence-corrected chi connectivity index (χ4v) is 1.24. The van der Waals surface area contributed by atoms with Gasteiger partial charge in [0, 0.05) is 7.05 Å². The first-order valence-corrected chi connectivity index (χ1v) is 4.06. The first-order chi connectivity index (χ1) is 6.72. The molecule has 0 fully saturated rings. The van der Waals surface area contributed by atoms with Crippen LogP contribution in [0.15, 0.2) is 11.1 Å². The van der Waals surface area contributed by atoms with Gasteiger partial charge in [0.2, 0.25) is 0 Å². The van der Waals surface area contributed by atoms with Crippen LogP contribution in [0.2, 0.25) is 0 Å². The number of imidazole rings is 1. The van der Waals surface area contributed by atoms with Gasteiger partial charge in [0.15, 0.2) is 11.2 Å². The molecule has 0 aromatic carbocycles. The van der Waals surface area contributed by atoms with Gasteiger partial charge in [0.05, 0.1) is 12.7 Å². The Balaban J connectivity index is 2.77. The number of aryl methyl sites for hydroxylation is 1. The van der Waals surface area contributed by atoms with Crippen LogP contribution in [-0.2, 0) is 13.5 Å². The molecule has 2 aromatic heterocycles. The molecule has 0 aliphatic rings. The van der Waals surface area contributed by atoms with Crippen LogP contribution in [0.1, 0.15) is 5.82 Å². The number of nitrogens with one attached hydrogen (secondary N) is 1. The molecule has 0 aliphatic carbocycles. The molecule has 2 heterocycles. The summed E-state index contributed by atoms with van der Waals surface area (Å²) in [7, 11) is 1.78. The van der Waals surface area contributed by atoms with E-state index >= 15 is 0 Å². The van der Waals surface area contributed by atoms with Crippen LogP contribution in [0, 0.1) is 12.3 Å². The standard InChI is InChI=1S/C9H8N4O/c1-3-4-6-11-8-7(9(14)12-6)10-5-13(8)2/h1,5H,4H2,2H3,(H,11,12,14). The van der Waals surface area contributed by atoms with Crippen molar-refractivity contribution in [3.05, 3.63) is 22.5 Å². The molecule has 0 radical (unpaired) electrons. The van der Waals surface area contributed by atoms with E-state index < -0.39 is 0 Å². The van der Waals surface area contributed by atoms with Crippen molar-refractivity contribution < 1.29 is 0 Å². The summed E-state index contributed by atoms with van der Waals surface area (Å²) >= 11 is 0. The summed E-state index contributed by atoms with van der Waals surface area (Å²) in [5.74, 6) is 2.92. The van der Waals surface area contributed by atoms with E-state index in [1.54, 1.807) is 17.9 Å². The Hall–Kier alpha value is -2.09. The second kappa shape index (κ2) is 3.00. The van der Waals surface area contributed by atoms with E-state index in [0.717, 1.165) is 0 Å². The highest BCUT2D eigenvalue weighted by Gasteiger charge is 2.06. The molecule has 5 heteroatoms. The number of H-pyrrole nitrogens is 1. The predicted molar refractivity (Wildman–Crippen MR) is 51.7 cm³/mol. The van der Waals surface area contributed by atoms with Crippen LogP contribution in [0.3, 0.4) is 0 Å². The summed E-state index contributed by atoms with van der Waals surface area (Å²) in [6.07, 6.45) is 7.00. The smallest absolute Gasteiger partial charge is 0.279 e. The third-order valence-corrected chi connectivity index (χ3v) is 1.89. The van der Waals surface area contributed by atoms with Gasteiger partial charge in [-0.3, -0.25) is 4.79 Å². The predicted octanol–water partition coefficient (Wildman–Crippen LogP) is -0.168. The van der Waals surface area contributed by atoms with Crippen LogP contribution >= 0.6 is 0 Å². The van der Waals surface area contributed by atoms with E-state index in [-0.39, 0.29) is 5.56 Å². The van der Waals surface area contributed by atoms with Crippen molar-refractivity contribution in [1.82, 2.24) is 19.5 Å². The largest absolute Gasteiger partial charge is 0.318 e. The third-order valence-electron chi connectivity index (χ3n) is 1.89. The molecule has 0 amide bonds. The van der Waals surface area contributed by atoms with Gasteiger partial charge < -0.3 is 9.55 Å². The number of aromatic nitrogens is 4. The van der Waals surface area contributed by atoms with Crippen molar-refractivity contribution in [3.8, 4) is 12.3 Å². The first kappa shape index (κ1) is 8.51. The average molecular weight is 188 g/mol. The van der Waals surface area contributed by atoms with Crippen molar-refractivity contribution in [2.75, 3.05) is 0 Å². The van der Waals surface area contributed by atoms with Gasteiger partial charge in [-0.15, -0.1) is 6.42 Å². The summed E-state index contributed by atoms with van der Waals surface area (Å²) in [5, 5.41) is 0. The molecule has 1 N–H and O–H groups in total. The molecule has 0 saturated carbocycles. The molecule has 0 saturated heterocycles. The number of hydrogen-bond donors (Lipinski definition) is 1.